The van der Waals surface area contributed by atoms with Crippen molar-refractivity contribution >= 4 is 48.0 Å². The molecule has 0 amide bonds. The quantitative estimate of drug-likeness (QED) is 0.244. The van der Waals surface area contributed by atoms with Crippen LogP contribution in [-0.2, 0) is 13.3 Å². The van der Waals surface area contributed by atoms with Gasteiger partial charge in [-0.3, -0.25) is 0 Å². The van der Waals surface area contributed by atoms with E-state index in [4.69, 9.17) is 46.5 Å². The molecule has 0 spiro atoms. The maximum atomic E-state index is 5.57. The minimum atomic E-state index is -2.41. The zero-order chi connectivity index (χ0) is 18.8. The van der Waals surface area contributed by atoms with Gasteiger partial charge in [0.2, 0.25) is 0 Å². The molecule has 0 fully saturated rings. The highest BCUT2D eigenvalue weighted by Gasteiger charge is 2.38. The summed E-state index contributed by atoms with van der Waals surface area (Å²) in [6, 6.07) is -1.14. The number of rotatable bonds is 10. The van der Waals surface area contributed by atoms with Crippen LogP contribution in [0.3, 0.4) is 0 Å². The van der Waals surface area contributed by atoms with Crippen molar-refractivity contribution < 1.29 is 13.3 Å². The van der Waals surface area contributed by atoms with Crippen LogP contribution in [0.4, 0.5) is 0 Å². The van der Waals surface area contributed by atoms with Gasteiger partial charge in [-0.15, -0.1) is 53.0 Å². The molecule has 0 unspecified atom stereocenters. The molecule has 0 aliphatic rings. The molecule has 0 saturated heterocycles. The van der Waals surface area contributed by atoms with Crippen LogP contribution in [0, 0.1) is 6.92 Å². The molecule has 0 N–H and O–H groups in total. The predicted octanol–water partition coefficient (Wildman–Crippen LogP) is 6.05. The lowest BCUT2D eigenvalue weighted by Crippen LogP contribution is -2.45. The van der Waals surface area contributed by atoms with Crippen molar-refractivity contribution in [2.24, 2.45) is 0 Å². The normalized spacial score (nSPS) is 10.6. The van der Waals surface area contributed by atoms with E-state index in [1.165, 1.54) is 6.08 Å². The summed E-state index contributed by atoms with van der Waals surface area (Å²) in [6.07, 6.45) is 4.92. The lowest BCUT2D eigenvalue weighted by molar-refractivity contribution is 0.0743. The van der Waals surface area contributed by atoms with E-state index in [1.807, 2.05) is 20.8 Å². The van der Waals surface area contributed by atoms with Gasteiger partial charge in [0.1, 0.15) is 0 Å². The van der Waals surface area contributed by atoms with E-state index in [0.717, 1.165) is 0 Å². The summed E-state index contributed by atoms with van der Waals surface area (Å²) in [5, 5.41) is 0. The Morgan fingerprint density at radius 3 is 1.22 bits per heavy atom. The van der Waals surface area contributed by atoms with Crippen molar-refractivity contribution in [3.8, 4) is 0 Å². The van der Waals surface area contributed by atoms with E-state index in [0.29, 0.717) is 31.9 Å². The summed E-state index contributed by atoms with van der Waals surface area (Å²) in [4.78, 5) is 0. The maximum Gasteiger partial charge on any atom is 0.504 e. The lowest BCUT2D eigenvalue weighted by atomic mass is 10.8. The predicted molar refractivity (Wildman–Crippen MR) is 110 cm³/mol. The summed E-state index contributed by atoms with van der Waals surface area (Å²) in [6.45, 7) is 21.3. The Morgan fingerprint density at radius 2 is 1.09 bits per heavy atom. The number of allylic oxidation sites excluding steroid dienone is 3. The first-order chi connectivity index (χ1) is 10.7. The molecule has 0 aromatic carbocycles. The summed E-state index contributed by atoms with van der Waals surface area (Å²) < 4.78 is 16.7. The second-order valence-electron chi connectivity index (χ2n) is 3.87. The van der Waals surface area contributed by atoms with Gasteiger partial charge in [0.05, 0.1) is 0 Å². The third-order valence-corrected chi connectivity index (χ3v) is 6.98. The molecule has 1 radical (unpaired) electrons. The minimum absolute atomic E-state index is 0.539. The highest BCUT2D eigenvalue weighted by molar-refractivity contribution is 7.64. The van der Waals surface area contributed by atoms with Crippen LogP contribution in [0.5, 0.6) is 0 Å². The molecule has 137 valence electrons. The van der Waals surface area contributed by atoms with Crippen LogP contribution in [0.15, 0.2) is 38.0 Å². The van der Waals surface area contributed by atoms with E-state index in [2.05, 4.69) is 26.7 Å². The molecule has 0 rings (SSSR count). The summed E-state index contributed by atoms with van der Waals surface area (Å²) in [5.41, 5.74) is 0. The highest BCUT2D eigenvalue weighted by Crippen LogP contribution is 2.24. The summed E-state index contributed by atoms with van der Waals surface area (Å²) in [5.74, 6) is 0. The molecule has 0 aliphatic carbocycles. The van der Waals surface area contributed by atoms with Crippen molar-refractivity contribution in [2.45, 2.75) is 32.9 Å². The van der Waals surface area contributed by atoms with E-state index in [-0.39, 0.29) is 0 Å². The van der Waals surface area contributed by atoms with Crippen LogP contribution in [0.2, 0.25) is 12.1 Å². The molecule has 0 saturated carbocycles. The van der Waals surface area contributed by atoms with Gasteiger partial charge in [-0.05, 0) is 27.7 Å². The average molecular weight is 421 g/mol. The van der Waals surface area contributed by atoms with Crippen LogP contribution < -0.4 is 0 Å². The van der Waals surface area contributed by atoms with E-state index < -0.39 is 14.8 Å². The summed E-state index contributed by atoms with van der Waals surface area (Å²) >= 11 is 16.3. The van der Waals surface area contributed by atoms with Crippen molar-refractivity contribution in [2.75, 3.05) is 19.8 Å². The van der Waals surface area contributed by atoms with Crippen LogP contribution in [-0.4, -0.2) is 34.6 Å². The SMILES string of the molecule is C=CC[Si](Cl)(Cl)Cl.C=CC[Si](OCC)(OCC)OCC.[CH2]C=C. The highest BCUT2D eigenvalue weighted by atomic mass is 35.8. The zero-order valence-corrected chi connectivity index (χ0v) is 18.7. The Labute approximate surface area is 158 Å². The maximum absolute atomic E-state index is 5.57. The molecule has 0 atom stereocenters. The van der Waals surface area contributed by atoms with Crippen molar-refractivity contribution in [1.29, 1.82) is 0 Å². The number of halogens is 3. The monoisotopic (exact) mass is 419 g/mol. The second-order valence-corrected chi connectivity index (χ2v) is 15.7. The van der Waals surface area contributed by atoms with Crippen molar-refractivity contribution in [1.82, 2.24) is 0 Å². The molecular formula is C15H30Cl3O3Si2. The Kier molecular flexibility index (Phi) is 23.0. The van der Waals surface area contributed by atoms with Gasteiger partial charge in [-0.2, -0.15) is 0 Å². The van der Waals surface area contributed by atoms with E-state index >= 15 is 0 Å². The number of hydrogen-bond acceptors (Lipinski definition) is 3. The molecule has 0 aromatic rings. The fraction of sp³-hybridized carbons (Fsp3) is 0.533. The Bertz CT molecular complexity index is 281. The first-order valence-corrected chi connectivity index (χ1v) is 14.5. The lowest BCUT2D eigenvalue weighted by Gasteiger charge is -2.27. The molecule has 0 heterocycles. The van der Waals surface area contributed by atoms with Gasteiger partial charge < -0.3 is 13.3 Å². The number of hydrogen-bond donors (Lipinski definition) is 0. The van der Waals surface area contributed by atoms with Gasteiger partial charge in [0.25, 0.3) is 0 Å². The van der Waals surface area contributed by atoms with Gasteiger partial charge >= 0.3 is 14.8 Å². The first kappa shape index (κ1) is 28.2. The van der Waals surface area contributed by atoms with E-state index in [9.17, 15) is 0 Å². The first-order valence-electron chi connectivity index (χ1n) is 7.32. The molecule has 23 heavy (non-hydrogen) atoms. The van der Waals surface area contributed by atoms with Gasteiger partial charge in [0.15, 0.2) is 0 Å². The van der Waals surface area contributed by atoms with E-state index in [1.54, 1.807) is 12.2 Å². The van der Waals surface area contributed by atoms with Crippen LogP contribution >= 0.6 is 33.2 Å². The molecule has 0 aromatic heterocycles. The molecule has 3 nitrogen and oxygen atoms in total. The molecular weight excluding hydrogens is 391 g/mol. The Morgan fingerprint density at radius 1 is 0.783 bits per heavy atom. The van der Waals surface area contributed by atoms with Crippen LogP contribution in [0.25, 0.3) is 0 Å². The molecule has 0 aliphatic heterocycles. The topological polar surface area (TPSA) is 27.7 Å². The van der Waals surface area contributed by atoms with Crippen LogP contribution in [0.1, 0.15) is 20.8 Å². The second kappa shape index (κ2) is 18.7. The van der Waals surface area contributed by atoms with Crippen molar-refractivity contribution in [3.63, 3.8) is 0 Å². The third-order valence-electron chi connectivity index (χ3n) is 1.86. The fourth-order valence-corrected chi connectivity index (χ4v) is 4.89. The van der Waals surface area contributed by atoms with Gasteiger partial charge in [0, 0.05) is 31.9 Å². The third kappa shape index (κ3) is 22.4. The Balaban J connectivity index is -0.000000335. The van der Waals surface area contributed by atoms with Gasteiger partial charge in [-0.25, -0.2) is 0 Å². The average Bonchev–Trinajstić information content (AvgIpc) is 2.40. The Hall–Kier alpha value is 0.404. The smallest absolute Gasteiger partial charge is 0.374 e. The van der Waals surface area contributed by atoms with Crippen molar-refractivity contribution in [3.05, 3.63) is 44.9 Å². The summed E-state index contributed by atoms with van der Waals surface area (Å²) in [7, 11) is -2.41. The largest absolute Gasteiger partial charge is 0.504 e. The van der Waals surface area contributed by atoms with Gasteiger partial charge in [-0.1, -0.05) is 18.2 Å². The fourth-order valence-electron chi connectivity index (χ4n) is 1.30. The minimum Gasteiger partial charge on any atom is -0.374 e. The molecule has 0 bridgehead atoms. The molecule has 8 heteroatoms. The zero-order valence-electron chi connectivity index (χ0n) is 14.5. The standard InChI is InChI=1S/C9H20O3Si.C3H5Cl3Si.C3H5/c1-5-9-13(10-6-2,11-7-3)12-8-4;1-2-3-7(4,5)6;1-3-2/h5H,1,6-9H2,2-4H3;2H,1,3H2;3H,1-2H2.